The van der Waals surface area contributed by atoms with Crippen LogP contribution in [0.15, 0.2) is 0 Å². The van der Waals surface area contributed by atoms with Crippen molar-refractivity contribution in [1.29, 1.82) is 0 Å². The lowest BCUT2D eigenvalue weighted by Gasteiger charge is -2.29. The smallest absolute Gasteiger partial charge is 0.326 e. The molecule has 0 saturated carbocycles. The Labute approximate surface area is 115 Å². The quantitative estimate of drug-likeness (QED) is 0.823. The van der Waals surface area contributed by atoms with Crippen molar-refractivity contribution in [2.45, 2.75) is 53.0 Å². The summed E-state index contributed by atoms with van der Waals surface area (Å²) in [6, 6.07) is -1.11. The summed E-state index contributed by atoms with van der Waals surface area (Å²) in [5.74, 6) is -0.418. The molecule has 0 aromatic carbocycles. The number of rotatable bonds is 4. The number of urea groups is 1. The van der Waals surface area contributed by atoms with Gasteiger partial charge in [-0.25, -0.2) is 9.59 Å². The number of carbonyl (C=O) groups is 2. The Hall–Kier alpha value is -1.26. The Morgan fingerprint density at radius 1 is 1.42 bits per heavy atom. The van der Waals surface area contributed by atoms with Gasteiger partial charge in [0.15, 0.2) is 0 Å². The molecular formula is C14H26N2O3. The number of carboxylic acids is 1. The number of likely N-dealkylation sites (tertiary alicyclic amines) is 1. The van der Waals surface area contributed by atoms with Gasteiger partial charge >= 0.3 is 12.0 Å². The van der Waals surface area contributed by atoms with Crippen molar-refractivity contribution in [1.82, 2.24) is 10.2 Å². The van der Waals surface area contributed by atoms with Crippen LogP contribution in [0.2, 0.25) is 0 Å². The molecule has 2 N–H and O–H groups in total. The molecule has 0 aromatic rings. The van der Waals surface area contributed by atoms with Crippen LogP contribution in [0.5, 0.6) is 0 Å². The van der Waals surface area contributed by atoms with E-state index in [2.05, 4.69) is 12.2 Å². The van der Waals surface area contributed by atoms with Crippen molar-refractivity contribution in [2.75, 3.05) is 13.1 Å². The van der Waals surface area contributed by atoms with Crippen molar-refractivity contribution in [3.8, 4) is 0 Å². The van der Waals surface area contributed by atoms with Gasteiger partial charge in [-0.05, 0) is 24.2 Å². The normalized spacial score (nSPS) is 21.3. The van der Waals surface area contributed by atoms with Gasteiger partial charge in [0, 0.05) is 13.1 Å². The maximum Gasteiger partial charge on any atom is 0.326 e. The van der Waals surface area contributed by atoms with Gasteiger partial charge in [0.2, 0.25) is 0 Å². The summed E-state index contributed by atoms with van der Waals surface area (Å²) in [4.78, 5) is 25.1. The number of hydrogen-bond donors (Lipinski definition) is 2. The standard InChI is InChI=1S/C14H26N2O3/c1-5-6-10-7-8-16(9-10)13(19)15-11(12(17)18)14(2,3)4/h10-11H,5-9H2,1-4H3,(H,15,19)(H,17,18)/t10?,11-/m1/s1. The molecule has 5 heteroatoms. The Bertz CT molecular complexity index is 336. The van der Waals surface area contributed by atoms with Gasteiger partial charge in [-0.15, -0.1) is 0 Å². The van der Waals surface area contributed by atoms with E-state index >= 15 is 0 Å². The van der Waals surface area contributed by atoms with Crippen molar-refractivity contribution in [3.05, 3.63) is 0 Å². The zero-order valence-corrected chi connectivity index (χ0v) is 12.4. The Morgan fingerprint density at radius 3 is 2.53 bits per heavy atom. The second-order valence-corrected chi connectivity index (χ2v) is 6.48. The maximum absolute atomic E-state index is 12.1. The largest absolute Gasteiger partial charge is 0.480 e. The summed E-state index contributed by atoms with van der Waals surface area (Å²) in [6.45, 7) is 9.06. The Balaban J connectivity index is 2.57. The third-order valence-corrected chi connectivity index (χ3v) is 3.65. The van der Waals surface area contributed by atoms with E-state index < -0.39 is 17.4 Å². The van der Waals surface area contributed by atoms with Crippen LogP contribution in [0.25, 0.3) is 0 Å². The molecule has 1 fully saturated rings. The van der Waals surface area contributed by atoms with Gasteiger partial charge in [0.1, 0.15) is 6.04 Å². The zero-order valence-electron chi connectivity index (χ0n) is 12.4. The fourth-order valence-electron chi connectivity index (χ4n) is 2.52. The molecule has 2 amide bonds. The summed E-state index contributed by atoms with van der Waals surface area (Å²) in [5.41, 5.74) is -0.496. The molecule has 5 nitrogen and oxygen atoms in total. The number of nitrogens with zero attached hydrogens (tertiary/aromatic N) is 1. The van der Waals surface area contributed by atoms with Crippen LogP contribution in [0.1, 0.15) is 47.0 Å². The van der Waals surface area contributed by atoms with Crippen LogP contribution in [0.4, 0.5) is 4.79 Å². The molecule has 0 aromatic heterocycles. The molecule has 0 spiro atoms. The van der Waals surface area contributed by atoms with Gasteiger partial charge in [-0.1, -0.05) is 34.1 Å². The van der Waals surface area contributed by atoms with Gasteiger partial charge in [-0.3, -0.25) is 0 Å². The number of nitrogens with one attached hydrogen (secondary N) is 1. The number of amides is 2. The molecule has 1 rings (SSSR count). The van der Waals surface area contributed by atoms with Crippen molar-refractivity contribution >= 4 is 12.0 Å². The van der Waals surface area contributed by atoms with Gasteiger partial charge in [-0.2, -0.15) is 0 Å². The van der Waals surface area contributed by atoms with Crippen LogP contribution < -0.4 is 5.32 Å². The molecule has 19 heavy (non-hydrogen) atoms. The lowest BCUT2D eigenvalue weighted by atomic mass is 9.87. The SMILES string of the molecule is CCCC1CCN(C(=O)N[C@H](C(=O)O)C(C)(C)C)C1. The average Bonchev–Trinajstić information content (AvgIpc) is 2.72. The molecular weight excluding hydrogens is 244 g/mol. The van der Waals surface area contributed by atoms with Crippen LogP contribution in [0.3, 0.4) is 0 Å². The summed E-state index contributed by atoms with van der Waals surface area (Å²) >= 11 is 0. The third kappa shape index (κ3) is 4.40. The summed E-state index contributed by atoms with van der Waals surface area (Å²) in [6.07, 6.45) is 3.28. The fourth-order valence-corrected chi connectivity index (χ4v) is 2.52. The first-order chi connectivity index (χ1) is 8.75. The topological polar surface area (TPSA) is 69.6 Å². The van der Waals surface area contributed by atoms with E-state index in [0.717, 1.165) is 32.4 Å². The predicted molar refractivity (Wildman–Crippen MR) is 74.0 cm³/mol. The van der Waals surface area contributed by atoms with Crippen LogP contribution in [-0.4, -0.2) is 41.1 Å². The molecule has 1 aliphatic heterocycles. The molecule has 0 bridgehead atoms. The van der Waals surface area contributed by atoms with E-state index in [9.17, 15) is 14.7 Å². The summed E-state index contributed by atoms with van der Waals surface area (Å²) < 4.78 is 0. The molecule has 1 unspecified atom stereocenters. The molecule has 1 aliphatic rings. The second kappa shape index (κ2) is 6.26. The van der Waals surface area contributed by atoms with Crippen molar-refractivity contribution < 1.29 is 14.7 Å². The number of hydrogen-bond acceptors (Lipinski definition) is 2. The van der Waals surface area contributed by atoms with E-state index in [1.54, 1.807) is 4.90 Å². The first-order valence-electron chi connectivity index (χ1n) is 7.04. The van der Waals surface area contributed by atoms with E-state index in [4.69, 9.17) is 0 Å². The molecule has 0 aliphatic carbocycles. The monoisotopic (exact) mass is 270 g/mol. The first kappa shape index (κ1) is 15.8. The maximum atomic E-state index is 12.1. The predicted octanol–water partition coefficient (Wildman–Crippen LogP) is 2.32. The second-order valence-electron chi connectivity index (χ2n) is 6.48. The minimum absolute atomic E-state index is 0.249. The Kier molecular flexibility index (Phi) is 5.20. The van der Waals surface area contributed by atoms with E-state index in [0.29, 0.717) is 5.92 Å². The minimum Gasteiger partial charge on any atom is -0.480 e. The van der Waals surface area contributed by atoms with Gasteiger partial charge in [0.05, 0.1) is 0 Å². The fraction of sp³-hybridized carbons (Fsp3) is 0.857. The molecule has 1 heterocycles. The lowest BCUT2D eigenvalue weighted by Crippen LogP contribution is -2.52. The third-order valence-electron chi connectivity index (χ3n) is 3.65. The van der Waals surface area contributed by atoms with E-state index in [-0.39, 0.29) is 6.03 Å². The Morgan fingerprint density at radius 2 is 2.05 bits per heavy atom. The van der Waals surface area contributed by atoms with Crippen LogP contribution in [-0.2, 0) is 4.79 Å². The highest BCUT2D eigenvalue weighted by atomic mass is 16.4. The van der Waals surface area contributed by atoms with Gasteiger partial charge < -0.3 is 15.3 Å². The molecule has 1 saturated heterocycles. The summed E-state index contributed by atoms with van der Waals surface area (Å²) in [7, 11) is 0. The average molecular weight is 270 g/mol. The number of carboxylic acid groups (broad SMARTS) is 1. The summed E-state index contributed by atoms with van der Waals surface area (Å²) in [5, 5.41) is 11.9. The van der Waals surface area contributed by atoms with Crippen molar-refractivity contribution in [3.63, 3.8) is 0 Å². The van der Waals surface area contributed by atoms with Crippen LogP contribution in [0, 0.1) is 11.3 Å². The molecule has 110 valence electrons. The lowest BCUT2D eigenvalue weighted by molar-refractivity contribution is -0.142. The number of carbonyl (C=O) groups excluding carboxylic acids is 1. The van der Waals surface area contributed by atoms with Gasteiger partial charge in [0.25, 0.3) is 0 Å². The highest BCUT2D eigenvalue weighted by molar-refractivity contribution is 5.83. The molecule has 0 radical (unpaired) electrons. The van der Waals surface area contributed by atoms with Crippen molar-refractivity contribution in [2.24, 2.45) is 11.3 Å². The minimum atomic E-state index is -0.981. The van der Waals surface area contributed by atoms with E-state index in [1.807, 2.05) is 20.8 Å². The highest BCUT2D eigenvalue weighted by Crippen LogP contribution is 2.23. The van der Waals surface area contributed by atoms with Crippen LogP contribution >= 0.6 is 0 Å². The number of aliphatic carboxylic acids is 1. The first-order valence-corrected chi connectivity index (χ1v) is 7.04. The van der Waals surface area contributed by atoms with E-state index in [1.165, 1.54) is 0 Å². The molecule has 2 atom stereocenters. The highest BCUT2D eigenvalue weighted by Gasteiger charge is 2.35. The zero-order chi connectivity index (χ0) is 14.6.